The van der Waals surface area contributed by atoms with Crippen LogP contribution in [0.5, 0.6) is 11.5 Å². The number of carbonyl (C=O) groups is 1. The molecule has 2 aromatic carbocycles. The van der Waals surface area contributed by atoms with E-state index >= 15 is 0 Å². The molecule has 0 aliphatic carbocycles. The van der Waals surface area contributed by atoms with Crippen LogP contribution < -0.4 is 10.1 Å². The maximum atomic E-state index is 13.3. The van der Waals surface area contributed by atoms with Crippen molar-refractivity contribution in [1.29, 1.82) is 0 Å². The maximum absolute atomic E-state index is 13.3. The molecule has 4 rings (SSSR count). The lowest BCUT2D eigenvalue weighted by atomic mass is 10.1. The van der Waals surface area contributed by atoms with Crippen molar-refractivity contribution in [3.05, 3.63) is 95.4 Å². The Morgan fingerprint density at radius 1 is 1.10 bits per heavy atom. The van der Waals surface area contributed by atoms with E-state index in [1.807, 2.05) is 0 Å². The first-order chi connectivity index (χ1) is 15.0. The smallest absolute Gasteiger partial charge is 0.251 e. The Kier molecular flexibility index (Phi) is 5.65. The summed E-state index contributed by atoms with van der Waals surface area (Å²) in [4.78, 5) is 16.9. The highest BCUT2D eigenvalue weighted by molar-refractivity contribution is 5.96. The van der Waals surface area contributed by atoms with Crippen LogP contribution in [-0.4, -0.2) is 25.9 Å². The van der Waals surface area contributed by atoms with Crippen LogP contribution in [-0.2, 0) is 6.54 Å². The Labute approximate surface area is 176 Å². The van der Waals surface area contributed by atoms with Gasteiger partial charge in [0, 0.05) is 36.0 Å². The number of ether oxygens (including phenoxy) is 1. The van der Waals surface area contributed by atoms with Crippen LogP contribution in [0.2, 0.25) is 0 Å². The number of hydrogen-bond donors (Lipinski definition) is 1. The first-order valence-corrected chi connectivity index (χ1v) is 9.33. The summed E-state index contributed by atoms with van der Waals surface area (Å²) in [5.74, 6) is -0.247. The number of hydrogen-bond acceptors (Lipinski definition) is 5. The average Bonchev–Trinajstić information content (AvgIpc) is 3.28. The number of nitrogens with one attached hydrogen (secondary N) is 1. The summed E-state index contributed by atoms with van der Waals surface area (Å²) in [6.45, 7) is 1.75. The van der Waals surface area contributed by atoms with Gasteiger partial charge in [-0.05, 0) is 42.8 Å². The fraction of sp³-hybridized carbons (Fsp3) is 0.0909. The molecule has 0 aliphatic heterocycles. The zero-order chi connectivity index (χ0) is 21.8. The molecule has 2 heterocycles. The van der Waals surface area contributed by atoms with Crippen LogP contribution in [0.4, 0.5) is 8.78 Å². The second-order valence-corrected chi connectivity index (χ2v) is 6.69. The Hall–Kier alpha value is -4.14. The average molecular weight is 421 g/mol. The van der Waals surface area contributed by atoms with E-state index in [4.69, 9.17) is 4.74 Å². The van der Waals surface area contributed by atoms with Gasteiger partial charge in [-0.3, -0.25) is 4.79 Å². The minimum absolute atomic E-state index is 0.0103. The molecular formula is C22H17F2N5O2. The summed E-state index contributed by atoms with van der Waals surface area (Å²) < 4.78 is 34.1. The van der Waals surface area contributed by atoms with E-state index in [0.717, 1.165) is 6.07 Å². The Bertz CT molecular complexity index is 1210. The molecule has 7 nitrogen and oxygen atoms in total. The van der Waals surface area contributed by atoms with Crippen LogP contribution in [0.3, 0.4) is 0 Å². The third kappa shape index (κ3) is 4.72. The van der Waals surface area contributed by atoms with Gasteiger partial charge in [0.25, 0.3) is 5.91 Å². The van der Waals surface area contributed by atoms with E-state index in [1.165, 1.54) is 16.8 Å². The minimum Gasteiger partial charge on any atom is -0.457 e. The van der Waals surface area contributed by atoms with E-state index in [-0.39, 0.29) is 12.5 Å². The fourth-order valence-electron chi connectivity index (χ4n) is 3.01. The molecule has 1 amide bonds. The molecule has 156 valence electrons. The summed E-state index contributed by atoms with van der Waals surface area (Å²) in [6.07, 6.45) is 4.78. The topological polar surface area (TPSA) is 81.9 Å². The summed E-state index contributed by atoms with van der Waals surface area (Å²) >= 11 is 0. The predicted molar refractivity (Wildman–Crippen MR) is 108 cm³/mol. The predicted octanol–water partition coefficient (Wildman–Crippen LogP) is 3.97. The monoisotopic (exact) mass is 421 g/mol. The number of pyridine rings is 1. The van der Waals surface area contributed by atoms with Crippen molar-refractivity contribution in [2.45, 2.75) is 13.5 Å². The first kappa shape index (κ1) is 20.1. The normalized spacial score (nSPS) is 10.7. The molecule has 0 aliphatic rings. The molecule has 9 heteroatoms. The van der Waals surface area contributed by atoms with Gasteiger partial charge in [0.05, 0.1) is 12.4 Å². The summed E-state index contributed by atoms with van der Waals surface area (Å²) in [5.41, 5.74) is 1.33. The number of carbonyl (C=O) groups excluding carboxylic acids is 1. The molecule has 4 aromatic rings. The van der Waals surface area contributed by atoms with Crippen molar-refractivity contribution in [1.82, 2.24) is 25.3 Å². The van der Waals surface area contributed by atoms with Gasteiger partial charge in [-0.1, -0.05) is 11.3 Å². The van der Waals surface area contributed by atoms with Gasteiger partial charge >= 0.3 is 0 Å². The van der Waals surface area contributed by atoms with Crippen molar-refractivity contribution in [2.24, 2.45) is 0 Å². The molecule has 1 N–H and O–H groups in total. The molecule has 0 atom stereocenters. The molecule has 0 fully saturated rings. The molecule has 0 spiro atoms. The van der Waals surface area contributed by atoms with Crippen molar-refractivity contribution in [3.63, 3.8) is 0 Å². The first-order valence-electron chi connectivity index (χ1n) is 9.33. The van der Waals surface area contributed by atoms with Gasteiger partial charge in [-0.2, -0.15) is 0 Å². The number of halogens is 2. The zero-order valence-electron chi connectivity index (χ0n) is 16.4. The van der Waals surface area contributed by atoms with Gasteiger partial charge in [-0.25, -0.2) is 18.4 Å². The third-order valence-electron chi connectivity index (χ3n) is 4.51. The highest BCUT2D eigenvalue weighted by atomic mass is 19.1. The number of aromatic nitrogens is 4. The van der Waals surface area contributed by atoms with Gasteiger partial charge < -0.3 is 10.1 Å². The van der Waals surface area contributed by atoms with Crippen molar-refractivity contribution in [2.75, 3.05) is 0 Å². The second kappa shape index (κ2) is 8.70. The van der Waals surface area contributed by atoms with E-state index in [1.54, 1.807) is 55.8 Å². The number of nitrogens with zero attached hydrogens (tertiary/aromatic N) is 4. The molecule has 0 unspecified atom stereocenters. The van der Waals surface area contributed by atoms with E-state index in [9.17, 15) is 13.6 Å². The third-order valence-corrected chi connectivity index (χ3v) is 4.51. The lowest BCUT2D eigenvalue weighted by Crippen LogP contribution is -2.23. The lowest BCUT2D eigenvalue weighted by molar-refractivity contribution is 0.0950. The van der Waals surface area contributed by atoms with E-state index < -0.39 is 11.6 Å². The van der Waals surface area contributed by atoms with Gasteiger partial charge in [0.2, 0.25) is 0 Å². The summed E-state index contributed by atoms with van der Waals surface area (Å²) in [7, 11) is 0. The number of benzene rings is 2. The molecule has 31 heavy (non-hydrogen) atoms. The molecule has 0 saturated carbocycles. The van der Waals surface area contributed by atoms with Crippen LogP contribution in [0.1, 0.15) is 21.5 Å². The lowest BCUT2D eigenvalue weighted by Gasteiger charge is -2.13. The molecule has 0 saturated heterocycles. The van der Waals surface area contributed by atoms with Gasteiger partial charge in [-0.15, -0.1) is 5.10 Å². The Balaban J connectivity index is 1.50. The van der Waals surface area contributed by atoms with Crippen LogP contribution in [0.25, 0.3) is 5.82 Å². The summed E-state index contributed by atoms with van der Waals surface area (Å²) in [6, 6.07) is 11.6. The molecular weight excluding hydrogens is 404 g/mol. The van der Waals surface area contributed by atoms with Crippen molar-refractivity contribution in [3.8, 4) is 17.3 Å². The Morgan fingerprint density at radius 3 is 2.65 bits per heavy atom. The second-order valence-electron chi connectivity index (χ2n) is 6.69. The standard InChI is InChI=1S/C22H17F2N5O2/c1-14-19(22(30)26-13-15-9-16(23)11-17(24)10-15)3-2-4-20(14)31-18-5-6-25-21(12-18)29-8-7-27-28-29/h2-12H,13H2,1H3,(H,26,30). The Morgan fingerprint density at radius 2 is 1.90 bits per heavy atom. The summed E-state index contributed by atoms with van der Waals surface area (Å²) in [5, 5.41) is 10.3. The molecule has 0 radical (unpaired) electrons. The fourth-order valence-corrected chi connectivity index (χ4v) is 3.01. The van der Waals surface area contributed by atoms with E-state index in [0.29, 0.717) is 34.0 Å². The van der Waals surface area contributed by atoms with Crippen molar-refractivity contribution >= 4 is 5.91 Å². The molecule has 0 bridgehead atoms. The van der Waals surface area contributed by atoms with E-state index in [2.05, 4.69) is 20.6 Å². The van der Waals surface area contributed by atoms with Crippen LogP contribution in [0, 0.1) is 18.6 Å². The highest BCUT2D eigenvalue weighted by Crippen LogP contribution is 2.28. The SMILES string of the molecule is Cc1c(Oc2ccnc(-n3ccnn3)c2)cccc1C(=O)NCc1cc(F)cc(F)c1. The number of rotatable bonds is 6. The quantitative estimate of drug-likeness (QED) is 0.509. The van der Waals surface area contributed by atoms with Crippen molar-refractivity contribution < 1.29 is 18.3 Å². The van der Waals surface area contributed by atoms with Crippen LogP contribution >= 0.6 is 0 Å². The van der Waals surface area contributed by atoms with Gasteiger partial charge in [0.1, 0.15) is 23.1 Å². The highest BCUT2D eigenvalue weighted by Gasteiger charge is 2.14. The van der Waals surface area contributed by atoms with Gasteiger partial charge in [0.15, 0.2) is 5.82 Å². The largest absolute Gasteiger partial charge is 0.457 e. The minimum atomic E-state index is -0.696. The maximum Gasteiger partial charge on any atom is 0.251 e. The number of amides is 1. The zero-order valence-corrected chi connectivity index (χ0v) is 16.4. The molecule has 2 aromatic heterocycles. The van der Waals surface area contributed by atoms with Crippen LogP contribution in [0.15, 0.2) is 67.1 Å².